The number of methoxy groups -OCH3 is 3. The fourth-order valence-electron chi connectivity index (χ4n) is 3.45. The van der Waals surface area contributed by atoms with Crippen molar-refractivity contribution in [2.24, 2.45) is 0 Å². The predicted octanol–water partition coefficient (Wildman–Crippen LogP) is 3.21. The van der Waals surface area contributed by atoms with Crippen LogP contribution in [0.4, 0.5) is 5.69 Å². The highest BCUT2D eigenvalue weighted by molar-refractivity contribution is 5.89. The van der Waals surface area contributed by atoms with Crippen molar-refractivity contribution in [1.82, 2.24) is 0 Å². The van der Waals surface area contributed by atoms with Gasteiger partial charge in [0.15, 0.2) is 11.5 Å². The molecule has 2 aromatic rings. The first kappa shape index (κ1) is 17.7. The number of carbonyl (C=O) groups excluding carboxylic acids is 1. The van der Waals surface area contributed by atoms with Crippen LogP contribution in [-0.4, -0.2) is 32.2 Å². The van der Waals surface area contributed by atoms with E-state index in [1.807, 2.05) is 6.07 Å². The third-order valence-corrected chi connectivity index (χ3v) is 4.92. The summed E-state index contributed by atoms with van der Waals surface area (Å²) in [6.45, 7) is 0. The number of rotatable bonds is 6. The molecule has 0 spiro atoms. The molecule has 0 aromatic heterocycles. The summed E-state index contributed by atoms with van der Waals surface area (Å²) in [5.74, 6) is 0.647. The van der Waals surface area contributed by atoms with Crippen LogP contribution in [0.2, 0.25) is 0 Å². The lowest BCUT2D eigenvalue weighted by Crippen LogP contribution is -2.24. The fourth-order valence-corrected chi connectivity index (χ4v) is 3.45. The van der Waals surface area contributed by atoms with Crippen molar-refractivity contribution < 1.29 is 23.9 Å². The van der Waals surface area contributed by atoms with Crippen LogP contribution in [0, 0.1) is 10.1 Å². The fraction of sp³-hybridized carbons (Fsp3) is 0.316. The minimum Gasteiger partial charge on any atom is -0.493 e. The van der Waals surface area contributed by atoms with Crippen LogP contribution in [0.15, 0.2) is 42.5 Å². The Bertz CT molecular complexity index is 848. The minimum absolute atomic E-state index is 0.0178. The summed E-state index contributed by atoms with van der Waals surface area (Å²) in [5.41, 5.74) is 0.815. The number of carbonyl (C=O) groups is 1. The van der Waals surface area contributed by atoms with Crippen LogP contribution < -0.4 is 9.47 Å². The van der Waals surface area contributed by atoms with Gasteiger partial charge < -0.3 is 14.2 Å². The van der Waals surface area contributed by atoms with E-state index in [9.17, 15) is 14.9 Å². The van der Waals surface area contributed by atoms with E-state index >= 15 is 0 Å². The lowest BCUT2D eigenvalue weighted by molar-refractivity contribution is -0.384. The van der Waals surface area contributed by atoms with Crippen LogP contribution in [0.1, 0.15) is 23.5 Å². The average molecular weight is 357 g/mol. The van der Waals surface area contributed by atoms with Crippen molar-refractivity contribution in [2.75, 3.05) is 21.3 Å². The minimum atomic E-state index is -0.829. The van der Waals surface area contributed by atoms with E-state index in [0.29, 0.717) is 17.9 Å². The summed E-state index contributed by atoms with van der Waals surface area (Å²) in [5, 5.41) is 10.8. The summed E-state index contributed by atoms with van der Waals surface area (Å²) in [6, 6.07) is 11.6. The third-order valence-electron chi connectivity index (χ3n) is 4.92. The molecular weight excluding hydrogens is 338 g/mol. The molecule has 0 amide bonds. The number of nitrogens with zero attached hydrogens (tertiary/aromatic N) is 1. The lowest BCUT2D eigenvalue weighted by atomic mass is 9.90. The summed E-state index contributed by atoms with van der Waals surface area (Å²) in [6.07, 6.45) is 0.562. The highest BCUT2D eigenvalue weighted by Gasteiger charge is 2.62. The van der Waals surface area contributed by atoms with E-state index in [4.69, 9.17) is 14.2 Å². The number of non-ortho nitro benzene ring substituents is 1. The molecule has 136 valence electrons. The molecular formula is C19H19NO6. The van der Waals surface area contributed by atoms with E-state index < -0.39 is 10.3 Å². The van der Waals surface area contributed by atoms with E-state index in [0.717, 1.165) is 11.1 Å². The standard InChI is InChI=1S/C19H19NO6/c1-24-16-9-6-13(10-17(16)25-2)19(18(21)26-3)11-15(19)12-4-7-14(8-5-12)20(22)23/h4-10,15H,11H2,1-3H3/t15-,19-/m1/s1. The molecule has 7 heteroatoms. The largest absolute Gasteiger partial charge is 0.493 e. The summed E-state index contributed by atoms with van der Waals surface area (Å²) < 4.78 is 15.7. The van der Waals surface area contributed by atoms with Gasteiger partial charge in [-0.05, 0) is 29.7 Å². The first-order valence-electron chi connectivity index (χ1n) is 8.03. The molecule has 1 fully saturated rings. The van der Waals surface area contributed by atoms with Gasteiger partial charge >= 0.3 is 5.97 Å². The number of benzene rings is 2. The summed E-state index contributed by atoms with van der Waals surface area (Å²) >= 11 is 0. The first-order valence-corrected chi connectivity index (χ1v) is 8.03. The van der Waals surface area contributed by atoms with Crippen LogP contribution in [0.3, 0.4) is 0 Å². The summed E-state index contributed by atoms with van der Waals surface area (Å²) in [7, 11) is 4.44. The van der Waals surface area contributed by atoms with Crippen molar-refractivity contribution in [1.29, 1.82) is 0 Å². The molecule has 0 unspecified atom stereocenters. The van der Waals surface area contributed by atoms with Crippen molar-refractivity contribution >= 4 is 11.7 Å². The molecule has 0 aliphatic heterocycles. The second kappa shape index (κ2) is 6.67. The smallest absolute Gasteiger partial charge is 0.316 e. The maximum absolute atomic E-state index is 12.6. The Balaban J connectivity index is 2.00. The maximum Gasteiger partial charge on any atom is 0.316 e. The maximum atomic E-state index is 12.6. The van der Waals surface area contributed by atoms with Crippen LogP contribution >= 0.6 is 0 Å². The molecule has 26 heavy (non-hydrogen) atoms. The monoisotopic (exact) mass is 357 g/mol. The van der Waals surface area contributed by atoms with E-state index in [2.05, 4.69) is 0 Å². The zero-order valence-electron chi connectivity index (χ0n) is 14.7. The summed E-state index contributed by atoms with van der Waals surface area (Å²) in [4.78, 5) is 23.0. The number of hydrogen-bond donors (Lipinski definition) is 0. The normalized spacial score (nSPS) is 21.0. The SMILES string of the molecule is COC(=O)[C@@]1(c2ccc(OC)c(OC)c2)C[C@@H]1c1ccc([N+](=O)[O-])cc1. The molecule has 2 atom stereocenters. The second-order valence-corrected chi connectivity index (χ2v) is 6.14. The Kier molecular flexibility index (Phi) is 4.54. The number of nitro groups is 1. The van der Waals surface area contributed by atoms with Gasteiger partial charge in [0, 0.05) is 18.1 Å². The molecule has 1 aliphatic rings. The topological polar surface area (TPSA) is 87.9 Å². The van der Waals surface area contributed by atoms with Crippen LogP contribution in [0.5, 0.6) is 11.5 Å². The lowest BCUT2D eigenvalue weighted by Gasteiger charge is -2.18. The van der Waals surface area contributed by atoms with Crippen molar-refractivity contribution in [3.05, 3.63) is 63.7 Å². The molecule has 0 heterocycles. The van der Waals surface area contributed by atoms with Gasteiger partial charge in [-0.1, -0.05) is 18.2 Å². The number of ether oxygens (including phenoxy) is 3. The van der Waals surface area contributed by atoms with Crippen LogP contribution in [0.25, 0.3) is 0 Å². The van der Waals surface area contributed by atoms with Gasteiger partial charge in [-0.3, -0.25) is 14.9 Å². The zero-order valence-corrected chi connectivity index (χ0v) is 14.7. The van der Waals surface area contributed by atoms with Crippen molar-refractivity contribution in [2.45, 2.75) is 17.8 Å². The van der Waals surface area contributed by atoms with Crippen LogP contribution in [-0.2, 0) is 14.9 Å². The molecule has 0 bridgehead atoms. The number of hydrogen-bond acceptors (Lipinski definition) is 6. The second-order valence-electron chi connectivity index (χ2n) is 6.14. The molecule has 0 saturated heterocycles. The molecule has 0 radical (unpaired) electrons. The Labute approximate surface area is 150 Å². The van der Waals surface area contributed by atoms with Gasteiger partial charge in [-0.2, -0.15) is 0 Å². The van der Waals surface area contributed by atoms with Crippen molar-refractivity contribution in [3.8, 4) is 11.5 Å². The predicted molar refractivity (Wildman–Crippen MR) is 93.7 cm³/mol. The number of esters is 1. The molecule has 1 saturated carbocycles. The molecule has 1 aliphatic carbocycles. The highest BCUT2D eigenvalue weighted by Crippen LogP contribution is 2.61. The van der Waals surface area contributed by atoms with E-state index in [-0.39, 0.29) is 17.6 Å². The van der Waals surface area contributed by atoms with Gasteiger partial charge in [-0.15, -0.1) is 0 Å². The molecule has 2 aromatic carbocycles. The quantitative estimate of drug-likeness (QED) is 0.448. The van der Waals surface area contributed by atoms with E-state index in [1.165, 1.54) is 26.4 Å². The molecule has 0 N–H and O–H groups in total. The Morgan fingerprint density at radius 2 is 1.73 bits per heavy atom. The van der Waals surface area contributed by atoms with Gasteiger partial charge in [0.1, 0.15) is 5.41 Å². The van der Waals surface area contributed by atoms with Crippen molar-refractivity contribution in [3.63, 3.8) is 0 Å². The van der Waals surface area contributed by atoms with Gasteiger partial charge in [0.25, 0.3) is 5.69 Å². The molecule has 7 nitrogen and oxygen atoms in total. The van der Waals surface area contributed by atoms with Gasteiger partial charge in [0.05, 0.1) is 26.3 Å². The zero-order chi connectivity index (χ0) is 18.9. The molecule has 3 rings (SSSR count). The Hall–Kier alpha value is -3.09. The third kappa shape index (κ3) is 2.75. The average Bonchev–Trinajstić information content (AvgIpc) is 3.43. The van der Waals surface area contributed by atoms with Gasteiger partial charge in [-0.25, -0.2) is 0 Å². The number of nitro benzene ring substituents is 1. The van der Waals surface area contributed by atoms with E-state index in [1.54, 1.807) is 31.4 Å². The first-order chi connectivity index (χ1) is 12.5. The van der Waals surface area contributed by atoms with Gasteiger partial charge in [0.2, 0.25) is 0 Å². The Morgan fingerprint density at radius 1 is 1.08 bits per heavy atom. The Morgan fingerprint density at radius 3 is 2.27 bits per heavy atom. The highest BCUT2D eigenvalue weighted by atomic mass is 16.6.